The number of ether oxygens (including phenoxy) is 1. The summed E-state index contributed by atoms with van der Waals surface area (Å²) in [5.74, 6) is -0.933. The van der Waals surface area contributed by atoms with Gasteiger partial charge in [-0.05, 0) is 71.2 Å². The summed E-state index contributed by atoms with van der Waals surface area (Å²) in [7, 11) is 0. The number of hydrogen-bond acceptors (Lipinski definition) is 4. The van der Waals surface area contributed by atoms with E-state index in [9.17, 15) is 9.59 Å². The number of esters is 1. The second-order valence-electron chi connectivity index (χ2n) is 9.23. The van der Waals surface area contributed by atoms with Gasteiger partial charge in [0.15, 0.2) is 5.11 Å². The molecule has 1 aromatic carbocycles. The van der Waals surface area contributed by atoms with Gasteiger partial charge in [0, 0.05) is 13.1 Å². The Morgan fingerprint density at radius 2 is 1.42 bits per heavy atom. The number of carbonyl (C=O) groups excluding carboxylic acids is 1. The molecule has 0 aromatic heterocycles. The number of thiocarbonyl (C=S) groups is 1. The highest BCUT2D eigenvalue weighted by Gasteiger charge is 2.28. The molecule has 0 spiro atoms. The molecule has 1 aromatic rings. The minimum absolute atomic E-state index is 0.174. The fourth-order valence-electron chi connectivity index (χ4n) is 2.98. The lowest BCUT2D eigenvalue weighted by atomic mass is 9.87. The Morgan fingerprint density at radius 3 is 1.94 bits per heavy atom. The summed E-state index contributed by atoms with van der Waals surface area (Å²) in [5, 5.41) is 16.1. The lowest BCUT2D eigenvalue weighted by Crippen LogP contribution is -2.36. The summed E-state index contributed by atoms with van der Waals surface area (Å²) in [4.78, 5) is 23.5. The topological polar surface area (TPSA) is 87.7 Å². The van der Waals surface area contributed by atoms with Crippen molar-refractivity contribution in [1.29, 1.82) is 0 Å². The number of benzene rings is 1. The third-order valence-electron chi connectivity index (χ3n) is 5.37. The molecule has 174 valence electrons. The SMILES string of the molecule is CC(C)(CCCCNC(=S)NCCCCC(C)(C)C(=O)OCc1ccccc1)C(=O)O. The second kappa shape index (κ2) is 13.3. The van der Waals surface area contributed by atoms with Gasteiger partial charge < -0.3 is 20.5 Å². The van der Waals surface area contributed by atoms with Crippen LogP contribution in [-0.2, 0) is 20.9 Å². The Morgan fingerprint density at radius 1 is 0.903 bits per heavy atom. The Kier molecular flexibility index (Phi) is 11.5. The van der Waals surface area contributed by atoms with Crippen molar-refractivity contribution in [3.05, 3.63) is 35.9 Å². The molecular formula is C24H38N2O4S. The Hall–Kier alpha value is -2.15. The standard InChI is InChI=1S/C24H38N2O4S/c1-23(2,20(27)28)14-8-10-16-25-22(31)26-17-11-9-15-24(3,4)21(29)30-18-19-12-6-5-7-13-19/h5-7,12-13H,8-11,14-18H2,1-4H3,(H,27,28)(H2,25,26,31). The highest BCUT2D eigenvalue weighted by Crippen LogP contribution is 2.25. The maximum atomic E-state index is 12.4. The Balaban J connectivity index is 2.11. The van der Waals surface area contributed by atoms with Crippen LogP contribution < -0.4 is 10.6 Å². The molecule has 1 rings (SSSR count). The number of rotatable bonds is 14. The summed E-state index contributed by atoms with van der Waals surface area (Å²) >= 11 is 5.27. The first-order valence-corrected chi connectivity index (χ1v) is 11.4. The summed E-state index contributed by atoms with van der Waals surface area (Å²) < 4.78 is 5.47. The molecule has 0 amide bonds. The van der Waals surface area contributed by atoms with Gasteiger partial charge in [0.1, 0.15) is 6.61 Å². The van der Waals surface area contributed by atoms with Crippen LogP contribution in [0.5, 0.6) is 0 Å². The molecular weight excluding hydrogens is 412 g/mol. The number of aliphatic carboxylic acids is 1. The van der Waals surface area contributed by atoms with Crippen LogP contribution in [-0.4, -0.2) is 35.2 Å². The molecule has 0 unspecified atom stereocenters. The molecule has 0 aliphatic carbocycles. The predicted molar refractivity (Wildman–Crippen MR) is 128 cm³/mol. The van der Waals surface area contributed by atoms with Crippen LogP contribution in [0.25, 0.3) is 0 Å². The zero-order valence-corrected chi connectivity index (χ0v) is 20.1. The van der Waals surface area contributed by atoms with E-state index in [-0.39, 0.29) is 5.97 Å². The van der Waals surface area contributed by atoms with Crippen molar-refractivity contribution in [2.45, 2.75) is 72.8 Å². The van der Waals surface area contributed by atoms with Crippen molar-refractivity contribution >= 4 is 29.3 Å². The van der Waals surface area contributed by atoms with Gasteiger partial charge >= 0.3 is 11.9 Å². The zero-order valence-electron chi connectivity index (χ0n) is 19.3. The van der Waals surface area contributed by atoms with Crippen LogP contribution in [0.4, 0.5) is 0 Å². The van der Waals surface area contributed by atoms with Crippen molar-refractivity contribution in [3.63, 3.8) is 0 Å². The monoisotopic (exact) mass is 450 g/mol. The number of carbonyl (C=O) groups is 2. The van der Waals surface area contributed by atoms with Crippen LogP contribution in [0.15, 0.2) is 30.3 Å². The first-order valence-electron chi connectivity index (χ1n) is 11.0. The van der Waals surface area contributed by atoms with Crippen LogP contribution in [0.2, 0.25) is 0 Å². The molecule has 0 fully saturated rings. The number of carboxylic acids is 1. The smallest absolute Gasteiger partial charge is 0.311 e. The fraction of sp³-hybridized carbons (Fsp3) is 0.625. The van der Waals surface area contributed by atoms with Crippen molar-refractivity contribution in [2.75, 3.05) is 13.1 Å². The number of hydrogen-bond donors (Lipinski definition) is 3. The maximum absolute atomic E-state index is 12.4. The quantitative estimate of drug-likeness (QED) is 0.216. The Labute approximate surface area is 192 Å². The van der Waals surface area contributed by atoms with Crippen molar-refractivity contribution in [2.24, 2.45) is 10.8 Å². The molecule has 0 bridgehead atoms. The van der Waals surface area contributed by atoms with E-state index in [4.69, 9.17) is 22.1 Å². The summed E-state index contributed by atoms with van der Waals surface area (Å²) in [6.45, 7) is 9.11. The molecule has 7 heteroatoms. The van der Waals surface area contributed by atoms with Crippen LogP contribution >= 0.6 is 12.2 Å². The third kappa shape index (κ3) is 11.2. The zero-order chi connectivity index (χ0) is 23.3. The second-order valence-corrected chi connectivity index (χ2v) is 9.64. The molecule has 0 saturated carbocycles. The molecule has 0 aliphatic rings. The summed E-state index contributed by atoms with van der Waals surface area (Å²) in [6.07, 6.45) is 4.91. The summed E-state index contributed by atoms with van der Waals surface area (Å²) in [5.41, 5.74) is -0.208. The van der Waals surface area contributed by atoms with E-state index < -0.39 is 16.8 Å². The number of unbranched alkanes of at least 4 members (excludes halogenated alkanes) is 2. The average Bonchev–Trinajstić information content (AvgIpc) is 2.71. The largest absolute Gasteiger partial charge is 0.481 e. The Bertz CT molecular complexity index is 705. The number of nitrogens with one attached hydrogen (secondary N) is 2. The van der Waals surface area contributed by atoms with Crippen LogP contribution in [0.3, 0.4) is 0 Å². The lowest BCUT2D eigenvalue weighted by molar-refractivity contribution is -0.155. The molecule has 0 aliphatic heterocycles. The van der Waals surface area contributed by atoms with Gasteiger partial charge in [0.2, 0.25) is 0 Å². The first-order chi connectivity index (χ1) is 14.5. The molecule has 0 atom stereocenters. The van der Waals surface area contributed by atoms with Crippen molar-refractivity contribution < 1.29 is 19.4 Å². The lowest BCUT2D eigenvalue weighted by Gasteiger charge is -2.22. The molecule has 3 N–H and O–H groups in total. The van der Waals surface area contributed by atoms with Crippen LogP contribution in [0, 0.1) is 10.8 Å². The van der Waals surface area contributed by atoms with Gasteiger partial charge in [-0.1, -0.05) is 43.2 Å². The average molecular weight is 451 g/mol. The molecule has 0 radical (unpaired) electrons. The van der Waals surface area contributed by atoms with E-state index in [0.29, 0.717) is 18.1 Å². The van der Waals surface area contributed by atoms with Crippen molar-refractivity contribution in [3.8, 4) is 0 Å². The van der Waals surface area contributed by atoms with Gasteiger partial charge in [-0.25, -0.2) is 0 Å². The minimum atomic E-state index is -0.759. The van der Waals surface area contributed by atoms with E-state index in [2.05, 4.69) is 10.6 Å². The first kappa shape index (κ1) is 26.9. The van der Waals surface area contributed by atoms with Gasteiger partial charge in [0.05, 0.1) is 10.8 Å². The fourth-order valence-corrected chi connectivity index (χ4v) is 3.18. The molecule has 6 nitrogen and oxygen atoms in total. The molecule has 0 heterocycles. The van der Waals surface area contributed by atoms with Gasteiger partial charge in [0.25, 0.3) is 0 Å². The van der Waals surface area contributed by atoms with Gasteiger partial charge in [-0.2, -0.15) is 0 Å². The predicted octanol–water partition coefficient (Wildman–Crippen LogP) is 4.67. The van der Waals surface area contributed by atoms with E-state index >= 15 is 0 Å². The van der Waals surface area contributed by atoms with Crippen molar-refractivity contribution in [1.82, 2.24) is 10.6 Å². The van der Waals surface area contributed by atoms with E-state index in [0.717, 1.165) is 50.8 Å². The number of carboxylic acid groups (broad SMARTS) is 1. The van der Waals surface area contributed by atoms with Crippen LogP contribution in [0.1, 0.15) is 71.8 Å². The maximum Gasteiger partial charge on any atom is 0.311 e. The normalized spacial score (nSPS) is 11.6. The highest BCUT2D eigenvalue weighted by molar-refractivity contribution is 7.80. The summed E-state index contributed by atoms with van der Waals surface area (Å²) in [6, 6.07) is 9.69. The van der Waals surface area contributed by atoms with E-state index in [1.54, 1.807) is 13.8 Å². The van der Waals surface area contributed by atoms with E-state index in [1.807, 2.05) is 44.2 Å². The third-order valence-corrected chi connectivity index (χ3v) is 5.66. The minimum Gasteiger partial charge on any atom is -0.481 e. The highest BCUT2D eigenvalue weighted by atomic mass is 32.1. The molecule has 31 heavy (non-hydrogen) atoms. The molecule has 0 saturated heterocycles. The van der Waals surface area contributed by atoms with Gasteiger partial charge in [-0.3, -0.25) is 9.59 Å². The van der Waals surface area contributed by atoms with E-state index in [1.165, 1.54) is 0 Å². The van der Waals surface area contributed by atoms with Gasteiger partial charge in [-0.15, -0.1) is 0 Å².